The van der Waals surface area contributed by atoms with Crippen LogP contribution in [0, 0.1) is 0 Å². The van der Waals surface area contributed by atoms with Gasteiger partial charge in [-0.2, -0.15) is 0 Å². The maximum atomic E-state index is 12.5. The Morgan fingerprint density at radius 3 is 2.77 bits per heavy atom. The molecule has 3 rings (SSSR count). The molecule has 0 saturated carbocycles. The number of fused-ring (bicyclic) bond motifs is 1. The van der Waals surface area contributed by atoms with E-state index in [9.17, 15) is 4.79 Å². The Kier molecular flexibility index (Phi) is 6.01. The molecule has 0 bridgehead atoms. The topological polar surface area (TPSA) is 46.9 Å². The molecule has 0 radical (unpaired) electrons. The number of nitrogens with zero attached hydrogens (tertiary/aromatic N) is 2. The molecule has 1 N–H and O–H groups in total. The fraction of sp³-hybridized carbons (Fsp3) is 0.200. The molecule has 3 aromatic rings. The second-order valence-corrected chi connectivity index (χ2v) is 7.63. The maximum absolute atomic E-state index is 12.5. The zero-order valence-corrected chi connectivity index (χ0v) is 16.1. The van der Waals surface area contributed by atoms with Crippen molar-refractivity contribution < 1.29 is 4.79 Å². The molecule has 0 aliphatic heterocycles. The molecule has 0 aliphatic rings. The third-order valence-corrected chi connectivity index (χ3v) is 5.30. The van der Waals surface area contributed by atoms with Gasteiger partial charge in [0.15, 0.2) is 5.16 Å². The monoisotopic (exact) mass is 385 g/mol. The first-order chi connectivity index (χ1) is 12.6. The van der Waals surface area contributed by atoms with Gasteiger partial charge in [0.25, 0.3) is 0 Å². The Morgan fingerprint density at radius 2 is 2.04 bits per heavy atom. The van der Waals surface area contributed by atoms with Crippen LogP contribution in [-0.2, 0) is 17.9 Å². The zero-order valence-electron chi connectivity index (χ0n) is 14.5. The van der Waals surface area contributed by atoms with Gasteiger partial charge >= 0.3 is 0 Å². The lowest BCUT2D eigenvalue weighted by Crippen LogP contribution is -2.30. The van der Waals surface area contributed by atoms with Gasteiger partial charge in [0.05, 0.1) is 16.3 Å². The Labute approximate surface area is 162 Å². The van der Waals surface area contributed by atoms with E-state index in [-0.39, 0.29) is 11.2 Å². The second kappa shape index (κ2) is 8.43. The smallest absolute Gasteiger partial charge is 0.233 e. The van der Waals surface area contributed by atoms with Gasteiger partial charge in [0.1, 0.15) is 0 Å². The van der Waals surface area contributed by atoms with E-state index in [2.05, 4.69) is 21.4 Å². The van der Waals surface area contributed by atoms with Crippen molar-refractivity contribution in [3.8, 4) is 0 Å². The molecule has 0 spiro atoms. The van der Waals surface area contributed by atoms with Gasteiger partial charge in [-0.15, -0.1) is 6.58 Å². The molecule has 134 valence electrons. The van der Waals surface area contributed by atoms with Crippen molar-refractivity contribution in [1.29, 1.82) is 0 Å². The SMILES string of the molecule is C=CCn1c(SC(C)C(=O)NCc2ccc(Cl)cc2)nc2ccccc21. The summed E-state index contributed by atoms with van der Waals surface area (Å²) in [6.07, 6.45) is 1.84. The molecule has 1 unspecified atom stereocenters. The number of amides is 1. The van der Waals surface area contributed by atoms with Crippen LogP contribution in [-0.4, -0.2) is 20.7 Å². The lowest BCUT2D eigenvalue weighted by Gasteiger charge is -2.13. The van der Waals surface area contributed by atoms with Crippen molar-refractivity contribution in [2.45, 2.75) is 30.4 Å². The van der Waals surface area contributed by atoms with Crippen LogP contribution in [0.4, 0.5) is 0 Å². The molecule has 1 aromatic heterocycles. The highest BCUT2D eigenvalue weighted by molar-refractivity contribution is 8.00. The van der Waals surface area contributed by atoms with Crippen LogP contribution in [0.25, 0.3) is 11.0 Å². The summed E-state index contributed by atoms with van der Waals surface area (Å²) < 4.78 is 2.08. The second-order valence-electron chi connectivity index (χ2n) is 5.89. The first-order valence-electron chi connectivity index (χ1n) is 8.33. The first-order valence-corrected chi connectivity index (χ1v) is 9.59. The fourth-order valence-corrected chi connectivity index (χ4v) is 3.68. The minimum absolute atomic E-state index is 0.0258. The minimum atomic E-state index is -0.261. The predicted molar refractivity (Wildman–Crippen MR) is 109 cm³/mol. The number of aromatic nitrogens is 2. The van der Waals surface area contributed by atoms with E-state index in [4.69, 9.17) is 11.6 Å². The number of hydrogen-bond donors (Lipinski definition) is 1. The van der Waals surface area contributed by atoms with Crippen LogP contribution in [0.1, 0.15) is 12.5 Å². The molecule has 1 heterocycles. The van der Waals surface area contributed by atoms with E-state index in [1.807, 2.05) is 61.5 Å². The highest BCUT2D eigenvalue weighted by Gasteiger charge is 2.18. The summed E-state index contributed by atoms with van der Waals surface area (Å²) >= 11 is 7.33. The van der Waals surface area contributed by atoms with E-state index in [1.165, 1.54) is 11.8 Å². The molecule has 0 saturated heterocycles. The van der Waals surface area contributed by atoms with Crippen LogP contribution in [0.5, 0.6) is 0 Å². The van der Waals surface area contributed by atoms with Crippen LogP contribution in [0.2, 0.25) is 5.02 Å². The largest absolute Gasteiger partial charge is 0.351 e. The summed E-state index contributed by atoms with van der Waals surface area (Å²) in [7, 11) is 0. The van der Waals surface area contributed by atoms with E-state index in [0.29, 0.717) is 18.1 Å². The van der Waals surface area contributed by atoms with Gasteiger partial charge in [-0.05, 0) is 36.8 Å². The summed E-state index contributed by atoms with van der Waals surface area (Å²) in [5, 5.41) is 4.21. The Morgan fingerprint density at radius 1 is 1.31 bits per heavy atom. The van der Waals surface area contributed by atoms with Gasteiger partial charge in [0.2, 0.25) is 5.91 Å². The van der Waals surface area contributed by atoms with Crippen LogP contribution in [0.3, 0.4) is 0 Å². The van der Waals surface area contributed by atoms with Gasteiger partial charge in [-0.3, -0.25) is 4.79 Å². The van der Waals surface area contributed by atoms with E-state index < -0.39 is 0 Å². The third-order valence-electron chi connectivity index (χ3n) is 3.96. The summed E-state index contributed by atoms with van der Waals surface area (Å²) in [4.78, 5) is 17.1. The van der Waals surface area contributed by atoms with Gasteiger partial charge in [-0.25, -0.2) is 4.98 Å². The van der Waals surface area contributed by atoms with Crippen molar-refractivity contribution in [2.24, 2.45) is 0 Å². The predicted octanol–water partition coefficient (Wildman–Crippen LogP) is 4.67. The summed E-state index contributed by atoms with van der Waals surface area (Å²) in [6, 6.07) is 15.4. The van der Waals surface area contributed by atoms with Gasteiger partial charge < -0.3 is 9.88 Å². The van der Waals surface area contributed by atoms with E-state index in [1.54, 1.807) is 0 Å². The number of allylic oxidation sites excluding steroid dienone is 1. The number of carbonyl (C=O) groups excluding carboxylic acids is 1. The maximum Gasteiger partial charge on any atom is 0.233 e. The van der Waals surface area contributed by atoms with Crippen molar-refractivity contribution in [3.05, 3.63) is 71.8 Å². The highest BCUT2D eigenvalue weighted by Crippen LogP contribution is 2.27. The molecular formula is C20H20ClN3OS. The molecule has 26 heavy (non-hydrogen) atoms. The third kappa shape index (κ3) is 4.29. The quantitative estimate of drug-likeness (QED) is 0.474. The number of thioether (sulfide) groups is 1. The van der Waals surface area contributed by atoms with Gasteiger partial charge in [-0.1, -0.05) is 53.7 Å². The number of imidazole rings is 1. The van der Waals surface area contributed by atoms with E-state index >= 15 is 0 Å². The van der Waals surface area contributed by atoms with Crippen molar-refractivity contribution in [3.63, 3.8) is 0 Å². The number of para-hydroxylation sites is 2. The van der Waals surface area contributed by atoms with Crippen LogP contribution < -0.4 is 5.32 Å². The lowest BCUT2D eigenvalue weighted by atomic mass is 10.2. The number of nitrogens with one attached hydrogen (secondary N) is 1. The average Bonchev–Trinajstić information content (AvgIpc) is 2.98. The van der Waals surface area contributed by atoms with E-state index in [0.717, 1.165) is 21.8 Å². The average molecular weight is 386 g/mol. The number of benzene rings is 2. The minimum Gasteiger partial charge on any atom is -0.351 e. The van der Waals surface area contributed by atoms with Crippen molar-refractivity contribution in [2.75, 3.05) is 0 Å². The number of carbonyl (C=O) groups is 1. The molecular weight excluding hydrogens is 366 g/mol. The standard InChI is InChI=1S/C20H20ClN3OS/c1-3-12-24-18-7-5-4-6-17(18)23-20(24)26-14(2)19(25)22-13-15-8-10-16(21)11-9-15/h3-11,14H,1,12-13H2,2H3,(H,22,25). The van der Waals surface area contributed by atoms with Gasteiger partial charge in [0, 0.05) is 18.1 Å². The molecule has 0 aliphatic carbocycles. The molecule has 1 amide bonds. The fourth-order valence-electron chi connectivity index (χ4n) is 2.60. The summed E-state index contributed by atoms with van der Waals surface area (Å²) in [6.45, 7) is 6.84. The van der Waals surface area contributed by atoms with Crippen molar-refractivity contribution >= 4 is 40.3 Å². The molecule has 0 fully saturated rings. The highest BCUT2D eigenvalue weighted by atomic mass is 35.5. The molecule has 2 aromatic carbocycles. The van der Waals surface area contributed by atoms with Crippen LogP contribution >= 0.6 is 23.4 Å². The Hall–Kier alpha value is -2.24. The molecule has 6 heteroatoms. The zero-order chi connectivity index (χ0) is 18.5. The van der Waals surface area contributed by atoms with Crippen molar-refractivity contribution in [1.82, 2.24) is 14.9 Å². The lowest BCUT2D eigenvalue weighted by molar-refractivity contribution is -0.120. The first kappa shape index (κ1) is 18.5. The number of halogens is 1. The Balaban J connectivity index is 1.68. The molecule has 4 nitrogen and oxygen atoms in total. The summed E-state index contributed by atoms with van der Waals surface area (Å²) in [5.41, 5.74) is 2.98. The number of hydrogen-bond acceptors (Lipinski definition) is 3. The normalized spacial score (nSPS) is 12.1. The Bertz CT molecular complexity index is 920. The van der Waals surface area contributed by atoms with Crippen LogP contribution in [0.15, 0.2) is 66.3 Å². The summed E-state index contributed by atoms with van der Waals surface area (Å²) in [5.74, 6) is -0.0258. The number of rotatable bonds is 7. The molecule has 1 atom stereocenters.